The first-order chi connectivity index (χ1) is 9.17. The average molecular weight is 255 g/mol. The Morgan fingerprint density at radius 1 is 1.11 bits per heavy atom. The van der Waals surface area contributed by atoms with Gasteiger partial charge in [-0.15, -0.1) is 0 Å². The second-order valence-corrected chi connectivity index (χ2v) is 4.31. The molecule has 0 aliphatic carbocycles. The van der Waals surface area contributed by atoms with Gasteiger partial charge in [0.25, 0.3) is 0 Å². The van der Waals surface area contributed by atoms with Gasteiger partial charge in [-0.1, -0.05) is 18.7 Å². The van der Waals surface area contributed by atoms with E-state index in [2.05, 4.69) is 11.6 Å². The molecule has 2 aromatic rings. The Morgan fingerprint density at radius 3 is 2.37 bits per heavy atom. The van der Waals surface area contributed by atoms with Crippen LogP contribution >= 0.6 is 0 Å². The molecule has 0 radical (unpaired) electrons. The Hall–Kier alpha value is -2.29. The number of nitrogens with zero attached hydrogens (tertiary/aromatic N) is 1. The van der Waals surface area contributed by atoms with Gasteiger partial charge in [0.2, 0.25) is 5.88 Å². The summed E-state index contributed by atoms with van der Waals surface area (Å²) in [6.07, 6.45) is 3.52. The number of ether oxygens (including phenoxy) is 2. The van der Waals surface area contributed by atoms with Gasteiger partial charge in [-0.05, 0) is 43.7 Å². The molecule has 1 heterocycles. The summed E-state index contributed by atoms with van der Waals surface area (Å²) < 4.78 is 11.2. The van der Waals surface area contributed by atoms with Crippen molar-refractivity contribution in [3.05, 3.63) is 60.8 Å². The molecule has 0 saturated carbocycles. The van der Waals surface area contributed by atoms with E-state index < -0.39 is 0 Å². The van der Waals surface area contributed by atoms with E-state index in [9.17, 15) is 0 Å². The van der Waals surface area contributed by atoms with E-state index in [-0.39, 0.29) is 6.10 Å². The topological polar surface area (TPSA) is 31.4 Å². The first-order valence-corrected chi connectivity index (χ1v) is 6.17. The van der Waals surface area contributed by atoms with Crippen LogP contribution in [0.3, 0.4) is 0 Å². The maximum absolute atomic E-state index is 5.63. The van der Waals surface area contributed by atoms with Gasteiger partial charge in [0.05, 0.1) is 0 Å². The lowest BCUT2D eigenvalue weighted by Gasteiger charge is -2.11. The van der Waals surface area contributed by atoms with Crippen molar-refractivity contribution in [3.63, 3.8) is 0 Å². The fraction of sp³-hybridized carbons (Fsp3) is 0.188. The number of hydrogen-bond donors (Lipinski definition) is 0. The summed E-state index contributed by atoms with van der Waals surface area (Å²) >= 11 is 0. The van der Waals surface area contributed by atoms with Gasteiger partial charge >= 0.3 is 0 Å². The molecular weight excluding hydrogens is 238 g/mol. The minimum Gasteiger partial charge on any atom is -0.487 e. The number of hydrogen-bond acceptors (Lipinski definition) is 3. The molecule has 0 saturated heterocycles. The van der Waals surface area contributed by atoms with Gasteiger partial charge in [0, 0.05) is 12.3 Å². The van der Waals surface area contributed by atoms with Crippen molar-refractivity contribution in [1.29, 1.82) is 0 Å². The predicted molar refractivity (Wildman–Crippen MR) is 75.8 cm³/mol. The summed E-state index contributed by atoms with van der Waals surface area (Å²) in [6.45, 7) is 7.61. The summed E-state index contributed by atoms with van der Waals surface area (Å²) in [5, 5.41) is 0. The highest BCUT2D eigenvalue weighted by atomic mass is 16.5. The molecule has 3 nitrogen and oxygen atoms in total. The Balaban J connectivity index is 2.02. The fourth-order valence-corrected chi connectivity index (χ4v) is 1.48. The molecule has 1 unspecified atom stereocenters. The summed E-state index contributed by atoms with van der Waals surface area (Å²) in [6, 6.07) is 11.2. The Labute approximate surface area is 113 Å². The third kappa shape index (κ3) is 3.85. The van der Waals surface area contributed by atoms with E-state index in [1.165, 1.54) is 0 Å². The lowest BCUT2D eigenvalue weighted by atomic mass is 10.3. The zero-order valence-electron chi connectivity index (χ0n) is 11.2. The van der Waals surface area contributed by atoms with Crippen LogP contribution in [-0.4, -0.2) is 11.1 Å². The maximum atomic E-state index is 5.63. The monoisotopic (exact) mass is 255 g/mol. The van der Waals surface area contributed by atoms with Crippen LogP contribution in [0.4, 0.5) is 0 Å². The highest BCUT2D eigenvalue weighted by molar-refractivity contribution is 5.34. The molecule has 0 spiro atoms. The predicted octanol–water partition coefficient (Wildman–Crippen LogP) is 4.14. The van der Waals surface area contributed by atoms with E-state index in [0.717, 1.165) is 17.1 Å². The minimum atomic E-state index is -0.00877. The molecule has 0 amide bonds. The van der Waals surface area contributed by atoms with Crippen LogP contribution < -0.4 is 9.47 Å². The first-order valence-electron chi connectivity index (χ1n) is 6.17. The molecular formula is C16H17NO2. The zero-order chi connectivity index (χ0) is 13.7. The van der Waals surface area contributed by atoms with E-state index in [1.54, 1.807) is 12.3 Å². The minimum absolute atomic E-state index is 0.00877. The van der Waals surface area contributed by atoms with Gasteiger partial charge in [-0.25, -0.2) is 4.98 Å². The SMILES string of the molecule is C=CC(C)Oc1ccc(Oc2ccc(C)cn2)cc1. The summed E-state index contributed by atoms with van der Waals surface area (Å²) in [5.74, 6) is 2.10. The zero-order valence-corrected chi connectivity index (χ0v) is 11.2. The molecule has 0 N–H and O–H groups in total. The van der Waals surface area contributed by atoms with E-state index in [0.29, 0.717) is 5.88 Å². The average Bonchev–Trinajstić information content (AvgIpc) is 2.43. The Kier molecular flexibility index (Phi) is 4.18. The fourth-order valence-electron chi connectivity index (χ4n) is 1.48. The molecule has 1 atom stereocenters. The second kappa shape index (κ2) is 6.05. The van der Waals surface area contributed by atoms with Crippen LogP contribution in [0.1, 0.15) is 12.5 Å². The third-order valence-electron chi connectivity index (χ3n) is 2.58. The van der Waals surface area contributed by atoms with Gasteiger partial charge in [-0.3, -0.25) is 0 Å². The molecule has 0 aliphatic heterocycles. The van der Waals surface area contributed by atoms with Crippen LogP contribution in [0.2, 0.25) is 0 Å². The number of pyridine rings is 1. The largest absolute Gasteiger partial charge is 0.487 e. The molecule has 1 aromatic heterocycles. The van der Waals surface area contributed by atoms with Crippen molar-refractivity contribution in [3.8, 4) is 17.4 Å². The molecule has 2 rings (SSSR count). The number of aromatic nitrogens is 1. The van der Waals surface area contributed by atoms with Crippen LogP contribution in [0, 0.1) is 6.92 Å². The summed E-state index contributed by atoms with van der Waals surface area (Å²) in [5.41, 5.74) is 1.11. The van der Waals surface area contributed by atoms with E-state index in [1.807, 2.05) is 50.2 Å². The van der Waals surface area contributed by atoms with Crippen molar-refractivity contribution in [1.82, 2.24) is 4.98 Å². The first kappa shape index (κ1) is 13.1. The van der Waals surface area contributed by atoms with Gasteiger partial charge in [-0.2, -0.15) is 0 Å². The molecule has 0 bridgehead atoms. The highest BCUT2D eigenvalue weighted by Gasteiger charge is 2.01. The van der Waals surface area contributed by atoms with E-state index in [4.69, 9.17) is 9.47 Å². The Morgan fingerprint density at radius 2 is 1.79 bits per heavy atom. The van der Waals surface area contributed by atoms with Crippen molar-refractivity contribution in [2.75, 3.05) is 0 Å². The standard InChI is InChI=1S/C16H17NO2/c1-4-13(3)18-14-6-8-15(9-7-14)19-16-10-5-12(2)11-17-16/h4-11,13H,1H2,2-3H3. The third-order valence-corrected chi connectivity index (χ3v) is 2.58. The van der Waals surface area contributed by atoms with Crippen molar-refractivity contribution in [2.45, 2.75) is 20.0 Å². The summed E-state index contributed by atoms with van der Waals surface area (Å²) in [4.78, 5) is 4.19. The van der Waals surface area contributed by atoms with Gasteiger partial charge in [0.15, 0.2) is 0 Å². The smallest absolute Gasteiger partial charge is 0.219 e. The molecule has 1 aromatic carbocycles. The highest BCUT2D eigenvalue weighted by Crippen LogP contribution is 2.23. The maximum Gasteiger partial charge on any atom is 0.219 e. The number of benzene rings is 1. The van der Waals surface area contributed by atoms with Crippen LogP contribution in [0.5, 0.6) is 17.4 Å². The molecule has 0 fully saturated rings. The van der Waals surface area contributed by atoms with Crippen LogP contribution in [0.25, 0.3) is 0 Å². The van der Waals surface area contributed by atoms with E-state index >= 15 is 0 Å². The number of aryl methyl sites for hydroxylation is 1. The van der Waals surface area contributed by atoms with Crippen molar-refractivity contribution in [2.24, 2.45) is 0 Å². The second-order valence-electron chi connectivity index (χ2n) is 4.31. The number of rotatable bonds is 5. The van der Waals surface area contributed by atoms with Crippen LogP contribution in [-0.2, 0) is 0 Å². The quantitative estimate of drug-likeness (QED) is 0.752. The lowest BCUT2D eigenvalue weighted by Crippen LogP contribution is -2.06. The van der Waals surface area contributed by atoms with Gasteiger partial charge in [0.1, 0.15) is 17.6 Å². The normalized spacial score (nSPS) is 11.7. The van der Waals surface area contributed by atoms with Crippen LogP contribution in [0.15, 0.2) is 55.3 Å². The van der Waals surface area contributed by atoms with Crippen molar-refractivity contribution >= 4 is 0 Å². The summed E-state index contributed by atoms with van der Waals surface area (Å²) in [7, 11) is 0. The van der Waals surface area contributed by atoms with Crippen molar-refractivity contribution < 1.29 is 9.47 Å². The molecule has 19 heavy (non-hydrogen) atoms. The lowest BCUT2D eigenvalue weighted by molar-refractivity contribution is 0.270. The molecule has 0 aliphatic rings. The Bertz CT molecular complexity index is 532. The molecule has 3 heteroatoms. The van der Waals surface area contributed by atoms with Gasteiger partial charge < -0.3 is 9.47 Å². The molecule has 98 valence electrons.